The molecule has 0 spiro atoms. The second-order valence-electron chi connectivity index (χ2n) is 9.06. The van der Waals surface area contributed by atoms with Crippen molar-refractivity contribution in [2.45, 2.75) is 84.6 Å². The van der Waals surface area contributed by atoms with Crippen LogP contribution in [0.2, 0.25) is 0 Å². The highest BCUT2D eigenvalue weighted by Gasteiger charge is 2.24. The average molecular weight is 550 g/mol. The maximum Gasteiger partial charge on any atom is 0.222 e. The summed E-state index contributed by atoms with van der Waals surface area (Å²) in [7, 11) is 0. The molecule has 0 radical (unpaired) electrons. The number of carbonyl (C=O) groups is 2. The van der Waals surface area contributed by atoms with Crippen molar-refractivity contribution in [3.05, 3.63) is 0 Å². The smallest absolute Gasteiger partial charge is 0.222 e. The summed E-state index contributed by atoms with van der Waals surface area (Å²) in [4.78, 5) is 33.1. The highest BCUT2D eigenvalue weighted by molar-refractivity contribution is 14.0. The van der Waals surface area contributed by atoms with E-state index in [1.165, 1.54) is 25.7 Å². The third-order valence-electron chi connectivity index (χ3n) is 5.93. The van der Waals surface area contributed by atoms with Crippen molar-refractivity contribution in [2.24, 2.45) is 10.9 Å². The number of rotatable bonds is 10. The summed E-state index contributed by atoms with van der Waals surface area (Å²) in [6, 6.07) is 0.571. The molecule has 0 aromatic carbocycles. The maximum atomic E-state index is 12.4. The normalized spacial score (nSPS) is 17.6. The Bertz CT molecular complexity index is 556. The van der Waals surface area contributed by atoms with Gasteiger partial charge in [-0.3, -0.25) is 14.6 Å². The molecule has 1 heterocycles. The molecule has 7 nitrogen and oxygen atoms in total. The van der Waals surface area contributed by atoms with Crippen molar-refractivity contribution < 1.29 is 9.59 Å². The third kappa shape index (κ3) is 10.9. The molecule has 0 unspecified atom stereocenters. The van der Waals surface area contributed by atoms with Crippen LogP contribution in [-0.2, 0) is 9.59 Å². The summed E-state index contributed by atoms with van der Waals surface area (Å²) in [5.41, 5.74) is 0. The summed E-state index contributed by atoms with van der Waals surface area (Å²) in [6.45, 7) is 10.6. The van der Waals surface area contributed by atoms with E-state index in [0.717, 1.165) is 38.3 Å². The molecule has 0 aromatic rings. The molecule has 2 fully saturated rings. The lowest BCUT2D eigenvalue weighted by Crippen LogP contribution is -2.50. The Balaban J connectivity index is 0.00000480. The first-order valence-electron chi connectivity index (χ1n) is 12.1. The molecule has 1 aliphatic carbocycles. The number of amides is 2. The largest absolute Gasteiger partial charge is 0.357 e. The number of piperazine rings is 1. The molecule has 2 amide bonds. The van der Waals surface area contributed by atoms with E-state index in [2.05, 4.69) is 31.4 Å². The van der Waals surface area contributed by atoms with E-state index in [1.807, 2.05) is 9.80 Å². The number of carbonyl (C=O) groups excluding carboxylic acids is 2. The van der Waals surface area contributed by atoms with Gasteiger partial charge in [-0.05, 0) is 38.5 Å². The lowest BCUT2D eigenvalue weighted by molar-refractivity contribution is -0.140. The fourth-order valence-electron chi connectivity index (χ4n) is 4.18. The molecular formula is C23H44IN5O2. The maximum absolute atomic E-state index is 12.4. The monoisotopic (exact) mass is 549 g/mol. The van der Waals surface area contributed by atoms with Gasteiger partial charge in [0.25, 0.3) is 0 Å². The zero-order valence-electron chi connectivity index (χ0n) is 19.8. The number of unbranched alkanes of at least 4 members (excludes halogenated alkanes) is 2. The molecule has 2 rings (SSSR count). The number of aliphatic imine (C=N–C) groups is 1. The van der Waals surface area contributed by atoms with Crippen LogP contribution in [0.25, 0.3) is 0 Å². The fraction of sp³-hybridized carbons (Fsp3) is 0.870. The van der Waals surface area contributed by atoms with Crippen molar-refractivity contribution in [1.29, 1.82) is 0 Å². The van der Waals surface area contributed by atoms with Crippen LogP contribution in [0.15, 0.2) is 4.99 Å². The van der Waals surface area contributed by atoms with Gasteiger partial charge in [-0.15, -0.1) is 24.0 Å². The van der Waals surface area contributed by atoms with Gasteiger partial charge in [0, 0.05) is 58.2 Å². The van der Waals surface area contributed by atoms with Crippen molar-refractivity contribution in [1.82, 2.24) is 20.4 Å². The summed E-state index contributed by atoms with van der Waals surface area (Å²) in [5.74, 6) is 1.77. The molecule has 1 saturated heterocycles. The molecule has 180 valence electrons. The van der Waals surface area contributed by atoms with E-state index in [0.29, 0.717) is 51.0 Å². The van der Waals surface area contributed by atoms with Gasteiger partial charge in [0.15, 0.2) is 5.96 Å². The van der Waals surface area contributed by atoms with Gasteiger partial charge in [0.05, 0.1) is 0 Å². The highest BCUT2D eigenvalue weighted by Crippen LogP contribution is 2.17. The minimum Gasteiger partial charge on any atom is -0.357 e. The summed E-state index contributed by atoms with van der Waals surface area (Å²) >= 11 is 0. The van der Waals surface area contributed by atoms with E-state index in [-0.39, 0.29) is 35.8 Å². The van der Waals surface area contributed by atoms with Crippen LogP contribution in [0, 0.1) is 5.92 Å². The zero-order chi connectivity index (χ0) is 21.8. The van der Waals surface area contributed by atoms with Gasteiger partial charge < -0.3 is 20.4 Å². The van der Waals surface area contributed by atoms with Crippen molar-refractivity contribution in [3.63, 3.8) is 0 Å². The van der Waals surface area contributed by atoms with E-state index in [4.69, 9.17) is 4.99 Å². The first-order valence-corrected chi connectivity index (χ1v) is 12.1. The van der Waals surface area contributed by atoms with E-state index in [9.17, 15) is 9.59 Å². The number of nitrogens with one attached hydrogen (secondary N) is 2. The minimum absolute atomic E-state index is 0. The summed E-state index contributed by atoms with van der Waals surface area (Å²) in [6.07, 6.45) is 9.25. The van der Waals surface area contributed by atoms with Crippen LogP contribution >= 0.6 is 24.0 Å². The van der Waals surface area contributed by atoms with Gasteiger partial charge in [-0.25, -0.2) is 0 Å². The van der Waals surface area contributed by atoms with Crippen LogP contribution in [0.5, 0.6) is 0 Å². The molecule has 1 aliphatic heterocycles. The fourth-order valence-corrected chi connectivity index (χ4v) is 4.18. The summed E-state index contributed by atoms with van der Waals surface area (Å²) < 4.78 is 0. The molecule has 2 N–H and O–H groups in total. The number of hydrogen-bond acceptors (Lipinski definition) is 3. The second kappa shape index (κ2) is 15.7. The summed E-state index contributed by atoms with van der Waals surface area (Å²) in [5, 5.41) is 6.87. The minimum atomic E-state index is 0. The molecule has 0 atom stereocenters. The topological polar surface area (TPSA) is 77.0 Å². The molecule has 1 saturated carbocycles. The van der Waals surface area contributed by atoms with Crippen molar-refractivity contribution >= 4 is 41.8 Å². The van der Waals surface area contributed by atoms with E-state index < -0.39 is 0 Å². The van der Waals surface area contributed by atoms with Gasteiger partial charge in [-0.1, -0.05) is 33.1 Å². The number of nitrogens with zero attached hydrogens (tertiary/aromatic N) is 3. The second-order valence-corrected chi connectivity index (χ2v) is 9.06. The van der Waals surface area contributed by atoms with Crippen molar-refractivity contribution in [2.75, 3.05) is 39.3 Å². The molecule has 0 aromatic heterocycles. The average Bonchev–Trinajstić information content (AvgIpc) is 3.23. The first-order chi connectivity index (χ1) is 14.5. The number of hydrogen-bond donors (Lipinski definition) is 2. The highest BCUT2D eigenvalue weighted by atomic mass is 127. The van der Waals surface area contributed by atoms with Gasteiger partial charge in [0.2, 0.25) is 11.8 Å². The lowest BCUT2D eigenvalue weighted by Gasteiger charge is -2.35. The predicted octanol–water partition coefficient (Wildman–Crippen LogP) is 3.38. The Morgan fingerprint density at radius 2 is 1.58 bits per heavy atom. The Morgan fingerprint density at radius 1 is 0.968 bits per heavy atom. The molecule has 31 heavy (non-hydrogen) atoms. The first kappa shape index (κ1) is 28.0. The Hall–Kier alpha value is -1.06. The third-order valence-corrected chi connectivity index (χ3v) is 5.93. The van der Waals surface area contributed by atoms with Gasteiger partial charge in [-0.2, -0.15) is 0 Å². The van der Waals surface area contributed by atoms with Crippen LogP contribution in [-0.4, -0.2) is 72.9 Å². The quantitative estimate of drug-likeness (QED) is 0.190. The molecular weight excluding hydrogens is 505 g/mol. The predicted molar refractivity (Wildman–Crippen MR) is 138 cm³/mol. The molecule has 8 heteroatoms. The van der Waals surface area contributed by atoms with E-state index >= 15 is 0 Å². The van der Waals surface area contributed by atoms with Crippen molar-refractivity contribution in [3.8, 4) is 0 Å². The molecule has 0 bridgehead atoms. The SMILES string of the molecule is CCNC(=NCCCCCC(=O)N1CCN(C(=O)CC(C)C)CC1)NC1CCCC1.I. The molecule has 2 aliphatic rings. The van der Waals surface area contributed by atoms with Crippen LogP contribution in [0.4, 0.5) is 0 Å². The number of guanidine groups is 1. The van der Waals surface area contributed by atoms with Crippen LogP contribution in [0.1, 0.15) is 78.6 Å². The Morgan fingerprint density at radius 3 is 2.16 bits per heavy atom. The zero-order valence-corrected chi connectivity index (χ0v) is 22.2. The van der Waals surface area contributed by atoms with Gasteiger partial charge in [0.1, 0.15) is 0 Å². The Labute approximate surface area is 206 Å². The van der Waals surface area contributed by atoms with E-state index in [1.54, 1.807) is 0 Å². The van der Waals surface area contributed by atoms with Gasteiger partial charge >= 0.3 is 0 Å². The Kier molecular flexibility index (Phi) is 14.2. The number of halogens is 1. The van der Waals surface area contributed by atoms with Crippen LogP contribution in [0.3, 0.4) is 0 Å². The van der Waals surface area contributed by atoms with Crippen LogP contribution < -0.4 is 10.6 Å². The standard InChI is InChI=1S/C23H43N5O2.HI/c1-4-24-23(26-20-10-7-8-11-20)25-13-9-5-6-12-21(29)27-14-16-28(17-15-27)22(30)18-19(2)3;/h19-20H,4-18H2,1-3H3,(H2,24,25,26);1H. The lowest BCUT2D eigenvalue weighted by atomic mass is 10.1.